The van der Waals surface area contributed by atoms with Crippen molar-refractivity contribution in [1.82, 2.24) is 4.72 Å². The first-order chi connectivity index (χ1) is 8.55. The van der Waals surface area contributed by atoms with Crippen molar-refractivity contribution in [3.63, 3.8) is 0 Å². The molecule has 18 heavy (non-hydrogen) atoms. The predicted molar refractivity (Wildman–Crippen MR) is 75.0 cm³/mol. The molecule has 0 aromatic carbocycles. The maximum atomic E-state index is 11.8. The van der Waals surface area contributed by atoms with Crippen LogP contribution in [0, 0.1) is 0 Å². The van der Waals surface area contributed by atoms with Gasteiger partial charge in [0.2, 0.25) is 10.0 Å². The van der Waals surface area contributed by atoms with Crippen LogP contribution >= 0.6 is 0 Å². The molecule has 0 heterocycles. The van der Waals surface area contributed by atoms with Crippen molar-refractivity contribution in [3.05, 3.63) is 0 Å². The Balaban J connectivity index is 4.06. The molecule has 1 unspecified atom stereocenters. The second-order valence-corrected chi connectivity index (χ2v) is 6.34. The lowest BCUT2D eigenvalue weighted by Gasteiger charge is -2.17. The Kier molecular flexibility index (Phi) is 10.6. The molecule has 0 aliphatic heterocycles. The molecule has 0 fully saturated rings. The van der Waals surface area contributed by atoms with E-state index in [1.807, 2.05) is 0 Å². The number of hydrogen-bond donors (Lipinski definition) is 2. The summed E-state index contributed by atoms with van der Waals surface area (Å²) >= 11 is 0. The molecule has 110 valence electrons. The number of rotatable bonds is 12. The van der Waals surface area contributed by atoms with Crippen LogP contribution in [-0.2, 0) is 14.8 Å². The van der Waals surface area contributed by atoms with Gasteiger partial charge in [0.1, 0.15) is 0 Å². The number of nitrogens with one attached hydrogen (secondary N) is 1. The molecule has 0 aliphatic rings. The standard InChI is InChI=1S/C12H28N2O3S/c1-3-5-7-12(6-4-2)14-18(15,16)11-10-17-9-8-13/h12,14H,3-11,13H2,1-2H3. The van der Waals surface area contributed by atoms with E-state index < -0.39 is 10.0 Å². The molecule has 3 N–H and O–H groups in total. The van der Waals surface area contributed by atoms with Gasteiger partial charge in [0.25, 0.3) is 0 Å². The summed E-state index contributed by atoms with van der Waals surface area (Å²) in [6.07, 6.45) is 4.93. The van der Waals surface area contributed by atoms with Crippen molar-refractivity contribution in [3.8, 4) is 0 Å². The zero-order valence-corrected chi connectivity index (χ0v) is 12.5. The van der Waals surface area contributed by atoms with Gasteiger partial charge in [-0.1, -0.05) is 33.1 Å². The van der Waals surface area contributed by atoms with E-state index in [0.717, 1.165) is 32.1 Å². The van der Waals surface area contributed by atoms with Gasteiger partial charge >= 0.3 is 0 Å². The fourth-order valence-corrected chi connectivity index (χ4v) is 2.93. The number of nitrogens with two attached hydrogens (primary N) is 1. The van der Waals surface area contributed by atoms with Gasteiger partial charge in [0.15, 0.2) is 0 Å². The Hall–Kier alpha value is -0.170. The van der Waals surface area contributed by atoms with Crippen LogP contribution in [0.4, 0.5) is 0 Å². The van der Waals surface area contributed by atoms with Crippen LogP contribution in [0.25, 0.3) is 0 Å². The van der Waals surface area contributed by atoms with Crippen molar-refractivity contribution in [2.24, 2.45) is 5.73 Å². The Bertz CT molecular complexity index is 281. The van der Waals surface area contributed by atoms with Crippen molar-refractivity contribution >= 4 is 10.0 Å². The van der Waals surface area contributed by atoms with E-state index in [0.29, 0.717) is 13.2 Å². The minimum Gasteiger partial charge on any atom is -0.379 e. The van der Waals surface area contributed by atoms with Crippen LogP contribution in [0.1, 0.15) is 46.0 Å². The lowest BCUT2D eigenvalue weighted by Crippen LogP contribution is -2.37. The van der Waals surface area contributed by atoms with Gasteiger partial charge in [-0.3, -0.25) is 0 Å². The normalized spacial score (nSPS) is 13.7. The highest BCUT2D eigenvalue weighted by Gasteiger charge is 2.16. The van der Waals surface area contributed by atoms with Gasteiger partial charge in [0.05, 0.1) is 19.0 Å². The van der Waals surface area contributed by atoms with Crippen molar-refractivity contribution < 1.29 is 13.2 Å². The van der Waals surface area contributed by atoms with Crippen LogP contribution < -0.4 is 10.5 Å². The maximum absolute atomic E-state index is 11.8. The first-order valence-corrected chi connectivity index (χ1v) is 8.48. The highest BCUT2D eigenvalue weighted by Crippen LogP contribution is 2.08. The van der Waals surface area contributed by atoms with Crippen LogP contribution in [-0.4, -0.2) is 40.0 Å². The van der Waals surface area contributed by atoms with Crippen molar-refractivity contribution in [2.45, 2.75) is 52.0 Å². The van der Waals surface area contributed by atoms with Gasteiger partial charge < -0.3 is 10.5 Å². The zero-order valence-electron chi connectivity index (χ0n) is 11.7. The fraction of sp³-hybridized carbons (Fsp3) is 1.00. The molecule has 5 nitrogen and oxygen atoms in total. The molecule has 0 rings (SSSR count). The molecule has 0 saturated heterocycles. The quantitative estimate of drug-likeness (QED) is 0.527. The summed E-state index contributed by atoms with van der Waals surface area (Å²) < 4.78 is 31.5. The highest BCUT2D eigenvalue weighted by atomic mass is 32.2. The van der Waals surface area contributed by atoms with E-state index in [1.165, 1.54) is 0 Å². The molecular weight excluding hydrogens is 252 g/mol. The maximum Gasteiger partial charge on any atom is 0.214 e. The third kappa shape index (κ3) is 9.82. The second kappa shape index (κ2) is 10.7. The Labute approximate surface area is 112 Å². The predicted octanol–water partition coefficient (Wildman–Crippen LogP) is 1.24. The van der Waals surface area contributed by atoms with Crippen LogP contribution in [0.15, 0.2) is 0 Å². The number of hydrogen-bond acceptors (Lipinski definition) is 4. The third-order valence-electron chi connectivity index (χ3n) is 2.65. The van der Waals surface area contributed by atoms with E-state index in [9.17, 15) is 8.42 Å². The molecule has 0 aromatic heterocycles. The summed E-state index contributed by atoms with van der Waals surface area (Å²) in [7, 11) is -3.23. The van der Waals surface area contributed by atoms with E-state index in [1.54, 1.807) is 0 Å². The Morgan fingerprint density at radius 1 is 1.17 bits per heavy atom. The lowest BCUT2D eigenvalue weighted by molar-refractivity contribution is 0.156. The molecular formula is C12H28N2O3S. The molecule has 0 bridgehead atoms. The van der Waals surface area contributed by atoms with Crippen molar-refractivity contribution in [2.75, 3.05) is 25.5 Å². The van der Waals surface area contributed by atoms with Gasteiger partial charge in [-0.2, -0.15) is 0 Å². The first kappa shape index (κ1) is 17.8. The van der Waals surface area contributed by atoms with Gasteiger partial charge in [-0.25, -0.2) is 13.1 Å². The van der Waals surface area contributed by atoms with Gasteiger partial charge in [0, 0.05) is 12.6 Å². The topological polar surface area (TPSA) is 81.4 Å². The first-order valence-electron chi connectivity index (χ1n) is 6.83. The van der Waals surface area contributed by atoms with Gasteiger partial charge in [-0.05, 0) is 12.8 Å². The SMILES string of the molecule is CCCCC(CCC)NS(=O)(=O)CCOCCN. The molecule has 0 saturated carbocycles. The summed E-state index contributed by atoms with van der Waals surface area (Å²) in [4.78, 5) is 0. The largest absolute Gasteiger partial charge is 0.379 e. The monoisotopic (exact) mass is 280 g/mol. The minimum absolute atomic E-state index is 0.0132. The number of unbranched alkanes of at least 4 members (excludes halogenated alkanes) is 1. The average molecular weight is 280 g/mol. The summed E-state index contributed by atoms with van der Waals surface area (Å²) in [6, 6.07) is 0.0643. The van der Waals surface area contributed by atoms with Crippen LogP contribution in [0.5, 0.6) is 0 Å². The third-order valence-corrected chi connectivity index (χ3v) is 4.04. The van der Waals surface area contributed by atoms with E-state index >= 15 is 0 Å². The number of ether oxygens (including phenoxy) is 1. The molecule has 0 radical (unpaired) electrons. The zero-order chi connectivity index (χ0) is 13.9. The second-order valence-electron chi connectivity index (χ2n) is 4.47. The summed E-state index contributed by atoms with van der Waals surface area (Å²) in [5.41, 5.74) is 5.26. The summed E-state index contributed by atoms with van der Waals surface area (Å²) in [5, 5.41) is 0. The molecule has 0 aromatic rings. The molecule has 0 spiro atoms. The van der Waals surface area contributed by atoms with E-state index in [2.05, 4.69) is 18.6 Å². The van der Waals surface area contributed by atoms with Crippen molar-refractivity contribution in [1.29, 1.82) is 0 Å². The van der Waals surface area contributed by atoms with Crippen LogP contribution in [0.2, 0.25) is 0 Å². The molecule has 6 heteroatoms. The van der Waals surface area contributed by atoms with E-state index in [4.69, 9.17) is 10.5 Å². The number of sulfonamides is 1. The Morgan fingerprint density at radius 3 is 2.44 bits per heavy atom. The van der Waals surface area contributed by atoms with Crippen LogP contribution in [0.3, 0.4) is 0 Å². The molecule has 1 atom stereocenters. The van der Waals surface area contributed by atoms with E-state index in [-0.39, 0.29) is 18.4 Å². The highest BCUT2D eigenvalue weighted by molar-refractivity contribution is 7.89. The van der Waals surface area contributed by atoms with Gasteiger partial charge in [-0.15, -0.1) is 0 Å². The minimum atomic E-state index is -3.23. The fourth-order valence-electron chi connectivity index (χ4n) is 1.73. The smallest absolute Gasteiger partial charge is 0.214 e. The average Bonchev–Trinajstić information content (AvgIpc) is 2.32. The summed E-state index contributed by atoms with van der Waals surface area (Å²) in [5.74, 6) is 0.0132. The lowest BCUT2D eigenvalue weighted by atomic mass is 10.1. The Morgan fingerprint density at radius 2 is 1.89 bits per heavy atom. The summed E-state index contributed by atoms with van der Waals surface area (Å²) in [6.45, 7) is 5.21. The molecule has 0 amide bonds. The molecule has 0 aliphatic carbocycles.